The van der Waals surface area contributed by atoms with Gasteiger partial charge in [-0.15, -0.1) is 0 Å². The lowest BCUT2D eigenvalue weighted by molar-refractivity contribution is 0.401. The SMILES string of the molecule is C[C@H]1CN(C)C[C@@H]1N. The van der Waals surface area contributed by atoms with Gasteiger partial charge in [0.2, 0.25) is 0 Å². The molecule has 1 rings (SSSR count). The Labute approximate surface area is 50.7 Å². The molecule has 1 aliphatic rings. The van der Waals surface area contributed by atoms with Crippen LogP contribution in [0.2, 0.25) is 0 Å². The van der Waals surface area contributed by atoms with Crippen molar-refractivity contribution in [3.8, 4) is 0 Å². The van der Waals surface area contributed by atoms with Gasteiger partial charge in [0.1, 0.15) is 0 Å². The second kappa shape index (κ2) is 2.03. The molecule has 48 valence electrons. The van der Waals surface area contributed by atoms with Crippen LogP contribution in [0.25, 0.3) is 0 Å². The summed E-state index contributed by atoms with van der Waals surface area (Å²) in [6.45, 7) is 4.44. The molecule has 0 aliphatic carbocycles. The fourth-order valence-corrected chi connectivity index (χ4v) is 1.24. The minimum absolute atomic E-state index is 0.417. The second-order valence-electron chi connectivity index (χ2n) is 2.86. The van der Waals surface area contributed by atoms with Gasteiger partial charge in [0.05, 0.1) is 0 Å². The lowest BCUT2D eigenvalue weighted by Gasteiger charge is -2.03. The Bertz CT molecular complexity index is 72.6. The first-order valence-electron chi connectivity index (χ1n) is 3.14. The van der Waals surface area contributed by atoms with Gasteiger partial charge in [0.15, 0.2) is 0 Å². The summed E-state index contributed by atoms with van der Waals surface area (Å²) in [5.41, 5.74) is 5.73. The van der Waals surface area contributed by atoms with Crippen LogP contribution in [0, 0.1) is 5.92 Å². The molecule has 0 aromatic rings. The summed E-state index contributed by atoms with van der Waals surface area (Å²) in [5, 5.41) is 0. The molecule has 0 aromatic carbocycles. The lowest BCUT2D eigenvalue weighted by atomic mass is 10.1. The van der Waals surface area contributed by atoms with Gasteiger partial charge in [0, 0.05) is 19.1 Å². The quantitative estimate of drug-likeness (QED) is 0.476. The van der Waals surface area contributed by atoms with Crippen molar-refractivity contribution in [1.82, 2.24) is 4.90 Å². The van der Waals surface area contributed by atoms with Crippen molar-refractivity contribution in [3.05, 3.63) is 0 Å². The van der Waals surface area contributed by atoms with Crippen LogP contribution in [0.1, 0.15) is 6.92 Å². The zero-order chi connectivity index (χ0) is 6.15. The van der Waals surface area contributed by atoms with E-state index in [2.05, 4.69) is 18.9 Å². The molecule has 0 radical (unpaired) electrons. The Hall–Kier alpha value is -0.0800. The number of nitrogens with zero attached hydrogens (tertiary/aromatic N) is 1. The average Bonchev–Trinajstić information content (AvgIpc) is 1.85. The molecule has 1 aliphatic heterocycles. The van der Waals surface area contributed by atoms with Gasteiger partial charge in [-0.1, -0.05) is 6.92 Å². The molecular formula is C6H14N2. The molecule has 2 heteroatoms. The summed E-state index contributed by atoms with van der Waals surface area (Å²) in [4.78, 5) is 2.27. The second-order valence-corrected chi connectivity index (χ2v) is 2.86. The van der Waals surface area contributed by atoms with Crippen LogP contribution in [-0.4, -0.2) is 31.1 Å². The molecule has 1 fully saturated rings. The summed E-state index contributed by atoms with van der Waals surface area (Å²) in [7, 11) is 2.11. The lowest BCUT2D eigenvalue weighted by Crippen LogP contribution is -2.27. The van der Waals surface area contributed by atoms with Gasteiger partial charge < -0.3 is 10.6 Å². The predicted molar refractivity (Wildman–Crippen MR) is 34.6 cm³/mol. The molecule has 1 saturated heterocycles. The van der Waals surface area contributed by atoms with Crippen LogP contribution in [-0.2, 0) is 0 Å². The molecule has 1 heterocycles. The molecule has 0 aromatic heterocycles. The minimum atomic E-state index is 0.417. The highest BCUT2D eigenvalue weighted by molar-refractivity contribution is 4.81. The van der Waals surface area contributed by atoms with Crippen molar-refractivity contribution >= 4 is 0 Å². The zero-order valence-electron chi connectivity index (χ0n) is 5.59. The molecule has 0 amide bonds. The molecule has 8 heavy (non-hydrogen) atoms. The van der Waals surface area contributed by atoms with Crippen molar-refractivity contribution in [2.75, 3.05) is 20.1 Å². The number of nitrogens with two attached hydrogens (primary N) is 1. The van der Waals surface area contributed by atoms with E-state index in [1.807, 2.05) is 0 Å². The topological polar surface area (TPSA) is 29.3 Å². The Morgan fingerprint density at radius 3 is 2.25 bits per heavy atom. The van der Waals surface area contributed by atoms with Crippen molar-refractivity contribution in [2.45, 2.75) is 13.0 Å². The molecule has 2 nitrogen and oxygen atoms in total. The van der Waals surface area contributed by atoms with Gasteiger partial charge in [-0.3, -0.25) is 0 Å². The summed E-state index contributed by atoms with van der Waals surface area (Å²) < 4.78 is 0. The highest BCUT2D eigenvalue weighted by Crippen LogP contribution is 2.10. The molecule has 0 saturated carbocycles. The molecular weight excluding hydrogens is 100 g/mol. The molecule has 0 spiro atoms. The number of likely N-dealkylation sites (tertiary alicyclic amines) is 1. The predicted octanol–water partition coefficient (Wildman–Crippen LogP) is -0.105. The average molecular weight is 114 g/mol. The van der Waals surface area contributed by atoms with E-state index in [1.54, 1.807) is 0 Å². The van der Waals surface area contributed by atoms with Crippen LogP contribution < -0.4 is 5.73 Å². The maximum Gasteiger partial charge on any atom is 0.0206 e. The molecule has 0 bridgehead atoms. The van der Waals surface area contributed by atoms with E-state index in [0.29, 0.717) is 12.0 Å². The summed E-state index contributed by atoms with van der Waals surface area (Å²) in [6.07, 6.45) is 0. The van der Waals surface area contributed by atoms with E-state index in [1.165, 1.54) is 6.54 Å². The Kier molecular flexibility index (Phi) is 1.54. The van der Waals surface area contributed by atoms with Gasteiger partial charge in [-0.2, -0.15) is 0 Å². The standard InChI is InChI=1S/C6H14N2/c1-5-3-8(2)4-6(5)7/h5-6H,3-4,7H2,1-2H3/t5-,6-/m0/s1. The summed E-state index contributed by atoms with van der Waals surface area (Å²) in [5.74, 6) is 0.694. The maximum absolute atomic E-state index is 5.73. The normalized spacial score (nSPS) is 40.9. The number of rotatable bonds is 0. The van der Waals surface area contributed by atoms with Gasteiger partial charge >= 0.3 is 0 Å². The smallest absolute Gasteiger partial charge is 0.0206 e. The largest absolute Gasteiger partial charge is 0.326 e. The summed E-state index contributed by atoms with van der Waals surface area (Å²) in [6, 6.07) is 0.417. The van der Waals surface area contributed by atoms with E-state index in [0.717, 1.165) is 6.54 Å². The van der Waals surface area contributed by atoms with Crippen LogP contribution in [0.3, 0.4) is 0 Å². The summed E-state index contributed by atoms with van der Waals surface area (Å²) >= 11 is 0. The van der Waals surface area contributed by atoms with E-state index < -0.39 is 0 Å². The number of hydrogen-bond donors (Lipinski definition) is 1. The Morgan fingerprint density at radius 1 is 1.50 bits per heavy atom. The Balaban J connectivity index is 2.39. The first kappa shape index (κ1) is 6.05. The van der Waals surface area contributed by atoms with E-state index in [4.69, 9.17) is 5.73 Å². The fourth-order valence-electron chi connectivity index (χ4n) is 1.24. The Morgan fingerprint density at radius 2 is 2.12 bits per heavy atom. The number of hydrogen-bond acceptors (Lipinski definition) is 2. The van der Waals surface area contributed by atoms with Crippen LogP contribution in [0.4, 0.5) is 0 Å². The van der Waals surface area contributed by atoms with Crippen LogP contribution in [0.5, 0.6) is 0 Å². The van der Waals surface area contributed by atoms with Gasteiger partial charge in [0.25, 0.3) is 0 Å². The highest BCUT2D eigenvalue weighted by atomic mass is 15.1. The van der Waals surface area contributed by atoms with Crippen LogP contribution in [0.15, 0.2) is 0 Å². The van der Waals surface area contributed by atoms with Crippen molar-refractivity contribution < 1.29 is 0 Å². The van der Waals surface area contributed by atoms with Gasteiger partial charge in [-0.05, 0) is 13.0 Å². The highest BCUT2D eigenvalue weighted by Gasteiger charge is 2.22. The minimum Gasteiger partial charge on any atom is -0.326 e. The van der Waals surface area contributed by atoms with Crippen molar-refractivity contribution in [2.24, 2.45) is 11.7 Å². The third kappa shape index (κ3) is 1.01. The van der Waals surface area contributed by atoms with E-state index in [-0.39, 0.29) is 0 Å². The van der Waals surface area contributed by atoms with E-state index in [9.17, 15) is 0 Å². The third-order valence-corrected chi connectivity index (χ3v) is 1.85. The monoisotopic (exact) mass is 114 g/mol. The molecule has 0 unspecified atom stereocenters. The first-order valence-corrected chi connectivity index (χ1v) is 3.14. The number of likely N-dealkylation sites (N-methyl/N-ethyl adjacent to an activating group) is 1. The van der Waals surface area contributed by atoms with Crippen molar-refractivity contribution in [3.63, 3.8) is 0 Å². The molecule has 2 atom stereocenters. The third-order valence-electron chi connectivity index (χ3n) is 1.85. The fraction of sp³-hybridized carbons (Fsp3) is 1.00. The van der Waals surface area contributed by atoms with Gasteiger partial charge in [-0.25, -0.2) is 0 Å². The van der Waals surface area contributed by atoms with Crippen molar-refractivity contribution in [1.29, 1.82) is 0 Å². The first-order chi connectivity index (χ1) is 3.70. The molecule has 2 N–H and O–H groups in total. The maximum atomic E-state index is 5.73. The van der Waals surface area contributed by atoms with Crippen LogP contribution >= 0.6 is 0 Å². The van der Waals surface area contributed by atoms with E-state index >= 15 is 0 Å². The zero-order valence-corrected chi connectivity index (χ0v) is 5.59.